The number of nitrogens with zero attached hydrogens (tertiary/aromatic N) is 3. The molecule has 1 fully saturated rings. The minimum Gasteiger partial charge on any atom is -0.379 e. The molecule has 0 atom stereocenters. The molecule has 3 aromatic rings. The van der Waals surface area contributed by atoms with Crippen molar-refractivity contribution in [3.63, 3.8) is 0 Å². The van der Waals surface area contributed by atoms with Crippen LogP contribution in [0, 0.1) is 20.8 Å². The minimum atomic E-state index is -3.66. The predicted octanol–water partition coefficient (Wildman–Crippen LogP) is 3.07. The van der Waals surface area contributed by atoms with Crippen LogP contribution in [0.1, 0.15) is 27.2 Å². The highest BCUT2D eigenvalue weighted by Crippen LogP contribution is 2.25. The van der Waals surface area contributed by atoms with Crippen LogP contribution in [-0.2, 0) is 14.8 Å². The molecule has 4 rings (SSSR count). The molecule has 1 amide bonds. The van der Waals surface area contributed by atoms with Crippen LogP contribution in [0.15, 0.2) is 53.6 Å². The predicted molar refractivity (Wildman–Crippen MR) is 122 cm³/mol. The Bertz CT molecular complexity index is 1260. The Kier molecular flexibility index (Phi) is 6.14. The number of anilines is 1. The van der Waals surface area contributed by atoms with E-state index in [0.29, 0.717) is 43.2 Å². The molecule has 0 bridgehead atoms. The number of hydrogen-bond donors (Lipinski definition) is 1. The zero-order chi connectivity index (χ0) is 22.9. The number of benzene rings is 2. The molecule has 0 aliphatic carbocycles. The lowest BCUT2D eigenvalue weighted by atomic mass is 10.1. The molecule has 168 valence electrons. The molecule has 2 heterocycles. The third kappa shape index (κ3) is 4.19. The van der Waals surface area contributed by atoms with Gasteiger partial charge in [0, 0.05) is 18.8 Å². The van der Waals surface area contributed by atoms with Gasteiger partial charge in [0.25, 0.3) is 5.91 Å². The van der Waals surface area contributed by atoms with Crippen LogP contribution in [0.3, 0.4) is 0 Å². The van der Waals surface area contributed by atoms with Gasteiger partial charge in [0.05, 0.1) is 41.3 Å². The van der Waals surface area contributed by atoms with E-state index < -0.39 is 10.0 Å². The maximum Gasteiger partial charge on any atom is 0.259 e. The third-order valence-corrected chi connectivity index (χ3v) is 7.56. The standard InChI is InChI=1S/C23H26N4O4S/c1-16-8-9-19(32(29,30)26-10-12-31-13-11-26)14-21(16)25-23(28)20-15-24-27(18(20)3)22-7-5-4-6-17(22)2/h4-9,14-15H,10-13H2,1-3H3,(H,25,28). The van der Waals surface area contributed by atoms with Crippen LogP contribution in [0.2, 0.25) is 0 Å². The van der Waals surface area contributed by atoms with E-state index in [1.54, 1.807) is 16.8 Å². The summed E-state index contributed by atoms with van der Waals surface area (Å²) in [5, 5.41) is 7.25. The highest BCUT2D eigenvalue weighted by molar-refractivity contribution is 7.89. The van der Waals surface area contributed by atoms with Crippen molar-refractivity contribution in [3.8, 4) is 5.69 Å². The molecular formula is C23H26N4O4S. The first-order valence-electron chi connectivity index (χ1n) is 10.4. The lowest BCUT2D eigenvalue weighted by Crippen LogP contribution is -2.40. The zero-order valence-electron chi connectivity index (χ0n) is 18.3. The number of amides is 1. The summed E-state index contributed by atoms with van der Waals surface area (Å²) in [6.45, 7) is 7.02. The van der Waals surface area contributed by atoms with Gasteiger partial charge in [-0.25, -0.2) is 13.1 Å². The number of hydrogen-bond acceptors (Lipinski definition) is 5. The summed E-state index contributed by atoms with van der Waals surface area (Å²) < 4.78 is 34.4. The van der Waals surface area contributed by atoms with Gasteiger partial charge in [-0.2, -0.15) is 9.40 Å². The average molecular weight is 455 g/mol. The Morgan fingerprint density at radius 3 is 2.47 bits per heavy atom. The molecule has 8 nitrogen and oxygen atoms in total. The maximum absolute atomic E-state index is 13.0. The van der Waals surface area contributed by atoms with Gasteiger partial charge >= 0.3 is 0 Å². The van der Waals surface area contributed by atoms with Crippen LogP contribution >= 0.6 is 0 Å². The van der Waals surface area contributed by atoms with Crippen LogP contribution < -0.4 is 5.32 Å². The van der Waals surface area contributed by atoms with E-state index in [0.717, 1.165) is 16.8 Å². The number of aromatic nitrogens is 2. The summed E-state index contributed by atoms with van der Waals surface area (Å²) in [5.74, 6) is -0.341. The summed E-state index contributed by atoms with van der Waals surface area (Å²) in [4.78, 5) is 13.2. The highest BCUT2D eigenvalue weighted by atomic mass is 32.2. The number of carbonyl (C=O) groups is 1. The molecule has 1 aliphatic rings. The second kappa shape index (κ2) is 8.85. The van der Waals surface area contributed by atoms with Gasteiger partial charge in [0.1, 0.15) is 0 Å². The molecule has 0 saturated carbocycles. The lowest BCUT2D eigenvalue weighted by Gasteiger charge is -2.26. The number of nitrogens with one attached hydrogen (secondary N) is 1. The van der Waals surface area contributed by atoms with Crippen molar-refractivity contribution in [1.82, 2.24) is 14.1 Å². The molecular weight excluding hydrogens is 428 g/mol. The van der Waals surface area contributed by atoms with Crippen molar-refractivity contribution in [2.45, 2.75) is 25.7 Å². The number of aryl methyl sites for hydroxylation is 2. The van der Waals surface area contributed by atoms with Crippen LogP contribution in [0.4, 0.5) is 5.69 Å². The molecule has 0 unspecified atom stereocenters. The number of para-hydroxylation sites is 1. The van der Waals surface area contributed by atoms with Crippen molar-refractivity contribution in [3.05, 3.63) is 71.0 Å². The molecule has 1 aromatic heterocycles. The van der Waals surface area contributed by atoms with E-state index in [2.05, 4.69) is 10.4 Å². The van der Waals surface area contributed by atoms with Gasteiger partial charge in [-0.1, -0.05) is 24.3 Å². The van der Waals surface area contributed by atoms with E-state index in [1.807, 2.05) is 45.0 Å². The monoisotopic (exact) mass is 454 g/mol. The second-order valence-corrected chi connectivity index (χ2v) is 9.73. The van der Waals surface area contributed by atoms with Gasteiger partial charge in [0.15, 0.2) is 0 Å². The van der Waals surface area contributed by atoms with Gasteiger partial charge in [-0.15, -0.1) is 0 Å². The van der Waals surface area contributed by atoms with Crippen LogP contribution in [-0.4, -0.2) is 54.7 Å². The summed E-state index contributed by atoms with van der Waals surface area (Å²) in [7, 11) is -3.66. The Hall–Kier alpha value is -3.01. The Balaban J connectivity index is 1.61. The van der Waals surface area contributed by atoms with Crippen molar-refractivity contribution in [1.29, 1.82) is 0 Å². The van der Waals surface area contributed by atoms with Gasteiger partial charge in [-0.3, -0.25) is 4.79 Å². The maximum atomic E-state index is 13.0. The van der Waals surface area contributed by atoms with Crippen molar-refractivity contribution in [2.75, 3.05) is 31.6 Å². The van der Waals surface area contributed by atoms with Crippen molar-refractivity contribution < 1.29 is 17.9 Å². The smallest absolute Gasteiger partial charge is 0.259 e. The molecule has 0 spiro atoms. The summed E-state index contributed by atoms with van der Waals surface area (Å²) in [6, 6.07) is 12.6. The summed E-state index contributed by atoms with van der Waals surface area (Å²) >= 11 is 0. The lowest BCUT2D eigenvalue weighted by molar-refractivity contribution is 0.0730. The largest absolute Gasteiger partial charge is 0.379 e. The van der Waals surface area contributed by atoms with Gasteiger partial charge in [-0.05, 0) is 50.1 Å². The molecule has 0 radical (unpaired) electrons. The van der Waals surface area contributed by atoms with Gasteiger partial charge in [0.2, 0.25) is 10.0 Å². The van der Waals surface area contributed by atoms with Crippen molar-refractivity contribution >= 4 is 21.6 Å². The fourth-order valence-corrected chi connectivity index (χ4v) is 5.13. The van der Waals surface area contributed by atoms with E-state index in [9.17, 15) is 13.2 Å². The molecule has 2 aromatic carbocycles. The van der Waals surface area contributed by atoms with Crippen LogP contribution in [0.25, 0.3) is 5.69 Å². The van der Waals surface area contributed by atoms with E-state index in [1.165, 1.54) is 16.6 Å². The van der Waals surface area contributed by atoms with Crippen LogP contribution in [0.5, 0.6) is 0 Å². The number of carbonyl (C=O) groups excluding carboxylic acids is 1. The van der Waals surface area contributed by atoms with E-state index in [-0.39, 0.29) is 10.8 Å². The molecule has 1 aliphatic heterocycles. The number of morpholine rings is 1. The molecule has 1 N–H and O–H groups in total. The fraction of sp³-hybridized carbons (Fsp3) is 0.304. The molecule has 9 heteroatoms. The molecule has 32 heavy (non-hydrogen) atoms. The minimum absolute atomic E-state index is 0.146. The second-order valence-electron chi connectivity index (χ2n) is 7.79. The number of rotatable bonds is 5. The summed E-state index contributed by atoms with van der Waals surface area (Å²) in [5.41, 5.74) is 4.29. The topological polar surface area (TPSA) is 93.5 Å². The SMILES string of the molecule is Cc1ccc(S(=O)(=O)N2CCOCC2)cc1NC(=O)c1cnn(-c2ccccc2C)c1C. The Labute approximate surface area is 187 Å². The third-order valence-electron chi connectivity index (χ3n) is 5.66. The quantitative estimate of drug-likeness (QED) is 0.640. The average Bonchev–Trinajstić information content (AvgIpc) is 3.17. The first-order chi connectivity index (χ1) is 15.3. The van der Waals surface area contributed by atoms with E-state index in [4.69, 9.17) is 4.74 Å². The van der Waals surface area contributed by atoms with Gasteiger partial charge < -0.3 is 10.1 Å². The molecule has 1 saturated heterocycles. The number of ether oxygens (including phenoxy) is 1. The van der Waals surface area contributed by atoms with Crippen molar-refractivity contribution in [2.24, 2.45) is 0 Å². The fourth-order valence-electron chi connectivity index (χ4n) is 3.70. The Morgan fingerprint density at radius 1 is 1.03 bits per heavy atom. The Morgan fingerprint density at radius 2 is 1.75 bits per heavy atom. The first-order valence-corrected chi connectivity index (χ1v) is 11.8. The normalized spacial score (nSPS) is 15.0. The summed E-state index contributed by atoms with van der Waals surface area (Å²) in [6.07, 6.45) is 1.53. The highest BCUT2D eigenvalue weighted by Gasteiger charge is 2.27. The zero-order valence-corrected chi connectivity index (χ0v) is 19.1. The van der Waals surface area contributed by atoms with E-state index >= 15 is 0 Å². The first kappa shape index (κ1) is 22.2. The number of sulfonamides is 1.